The number of likely N-dealkylation sites (tertiary alicyclic amines) is 1. The zero-order chi connectivity index (χ0) is 20.3. The van der Waals surface area contributed by atoms with Crippen LogP contribution in [0, 0.1) is 17.2 Å². The van der Waals surface area contributed by atoms with Gasteiger partial charge in [0.1, 0.15) is 5.60 Å². The molecule has 148 valence electrons. The molecule has 1 aliphatic heterocycles. The van der Waals surface area contributed by atoms with Crippen LogP contribution < -0.4 is 0 Å². The van der Waals surface area contributed by atoms with Gasteiger partial charge in [-0.3, -0.25) is 4.68 Å². The van der Waals surface area contributed by atoms with Crippen LogP contribution >= 0.6 is 15.9 Å². The molecule has 1 aromatic carbocycles. The number of nitrogens with zero attached hydrogens (tertiary/aromatic N) is 4. The maximum Gasteiger partial charge on any atom is 0.410 e. The van der Waals surface area contributed by atoms with E-state index in [2.05, 4.69) is 27.1 Å². The fourth-order valence-corrected chi connectivity index (χ4v) is 3.82. The lowest BCUT2D eigenvalue weighted by Crippen LogP contribution is -2.42. The molecule has 1 fully saturated rings. The van der Waals surface area contributed by atoms with Crippen LogP contribution in [0.5, 0.6) is 0 Å². The van der Waals surface area contributed by atoms with Gasteiger partial charge in [-0.2, -0.15) is 10.4 Å². The summed E-state index contributed by atoms with van der Waals surface area (Å²) in [5.74, 6) is 0.476. The van der Waals surface area contributed by atoms with Crippen molar-refractivity contribution in [3.8, 4) is 17.2 Å². The van der Waals surface area contributed by atoms with Crippen LogP contribution in [-0.2, 0) is 11.3 Å². The number of rotatable bonds is 3. The third-order valence-electron chi connectivity index (χ3n) is 4.70. The highest BCUT2D eigenvalue weighted by atomic mass is 79.9. The molecule has 0 saturated carbocycles. The lowest BCUT2D eigenvalue weighted by atomic mass is 9.97. The number of hydrogen-bond donors (Lipinski definition) is 0. The fraction of sp³-hybridized carbons (Fsp3) is 0.476. The molecule has 0 atom stereocenters. The molecule has 0 N–H and O–H groups in total. The first-order chi connectivity index (χ1) is 13.2. The summed E-state index contributed by atoms with van der Waals surface area (Å²) in [4.78, 5) is 14.0. The Kier molecular flexibility index (Phi) is 6.09. The highest BCUT2D eigenvalue weighted by Gasteiger charge is 2.27. The number of amides is 1. The molecule has 1 aliphatic rings. The molecule has 0 radical (unpaired) electrons. The highest BCUT2D eigenvalue weighted by Crippen LogP contribution is 2.26. The zero-order valence-corrected chi connectivity index (χ0v) is 18.1. The summed E-state index contributed by atoms with van der Waals surface area (Å²) in [5.41, 5.74) is 2.12. The van der Waals surface area contributed by atoms with Crippen molar-refractivity contribution in [3.05, 3.63) is 40.6 Å². The fourth-order valence-electron chi connectivity index (χ4n) is 3.32. The minimum absolute atomic E-state index is 0.227. The Morgan fingerprint density at radius 2 is 2.00 bits per heavy atom. The van der Waals surface area contributed by atoms with Crippen LogP contribution in [0.4, 0.5) is 4.79 Å². The van der Waals surface area contributed by atoms with E-state index in [1.165, 1.54) is 0 Å². The monoisotopic (exact) mass is 444 g/mol. The standard InChI is InChI=1S/C21H25BrN4O2/c1-21(2,3)28-20(27)25-6-4-15(5-7-25)13-26-14-18(12-24-26)17-8-16(11-23)9-19(22)10-17/h8-10,12,14-15H,4-7,13H2,1-3H3. The van der Waals surface area contributed by atoms with Crippen molar-refractivity contribution in [2.24, 2.45) is 5.92 Å². The van der Waals surface area contributed by atoms with Gasteiger partial charge in [-0.1, -0.05) is 15.9 Å². The number of carbonyl (C=O) groups is 1. The van der Waals surface area contributed by atoms with E-state index in [1.54, 1.807) is 11.0 Å². The van der Waals surface area contributed by atoms with Gasteiger partial charge in [0.25, 0.3) is 0 Å². The van der Waals surface area contributed by atoms with Gasteiger partial charge in [0.15, 0.2) is 0 Å². The van der Waals surface area contributed by atoms with E-state index < -0.39 is 5.60 Å². The van der Waals surface area contributed by atoms with Crippen molar-refractivity contribution in [2.75, 3.05) is 13.1 Å². The van der Waals surface area contributed by atoms with Gasteiger partial charge >= 0.3 is 6.09 Å². The summed E-state index contributed by atoms with van der Waals surface area (Å²) in [6.07, 6.45) is 5.49. The van der Waals surface area contributed by atoms with Crippen molar-refractivity contribution in [2.45, 2.75) is 45.8 Å². The highest BCUT2D eigenvalue weighted by molar-refractivity contribution is 9.10. The molecule has 0 aliphatic carbocycles. The van der Waals surface area contributed by atoms with Gasteiger partial charge in [0.2, 0.25) is 0 Å². The summed E-state index contributed by atoms with van der Waals surface area (Å²) in [5, 5.41) is 13.6. The third-order valence-corrected chi connectivity index (χ3v) is 5.16. The average Bonchev–Trinajstić information content (AvgIpc) is 3.09. The Balaban J connectivity index is 1.58. The number of hydrogen-bond acceptors (Lipinski definition) is 4. The van der Waals surface area contributed by atoms with E-state index >= 15 is 0 Å². The molecule has 2 aromatic rings. The molecule has 0 spiro atoms. The molecular weight excluding hydrogens is 420 g/mol. The normalized spacial score (nSPS) is 15.3. The first kappa shape index (κ1) is 20.4. The number of piperidine rings is 1. The summed E-state index contributed by atoms with van der Waals surface area (Å²) < 4.78 is 8.29. The van der Waals surface area contributed by atoms with E-state index in [4.69, 9.17) is 10.00 Å². The average molecular weight is 445 g/mol. The first-order valence-corrected chi connectivity index (χ1v) is 10.2. The number of ether oxygens (including phenoxy) is 1. The molecule has 6 nitrogen and oxygen atoms in total. The minimum atomic E-state index is -0.461. The Hall–Kier alpha value is -2.33. The Labute approximate surface area is 174 Å². The molecule has 7 heteroatoms. The van der Waals surface area contributed by atoms with Crippen LogP contribution in [0.2, 0.25) is 0 Å². The Morgan fingerprint density at radius 3 is 2.64 bits per heavy atom. The van der Waals surface area contributed by atoms with Gasteiger partial charge in [-0.05, 0) is 63.3 Å². The van der Waals surface area contributed by atoms with Gasteiger partial charge in [-0.25, -0.2) is 4.79 Å². The van der Waals surface area contributed by atoms with Crippen molar-refractivity contribution < 1.29 is 9.53 Å². The van der Waals surface area contributed by atoms with E-state index in [9.17, 15) is 4.79 Å². The summed E-state index contributed by atoms with van der Waals surface area (Å²) in [6, 6.07) is 7.83. The number of benzene rings is 1. The predicted molar refractivity (Wildman–Crippen MR) is 111 cm³/mol. The van der Waals surface area contributed by atoms with Crippen LogP contribution in [0.25, 0.3) is 11.1 Å². The maximum absolute atomic E-state index is 12.2. The smallest absolute Gasteiger partial charge is 0.410 e. The SMILES string of the molecule is CC(C)(C)OC(=O)N1CCC(Cn2cc(-c3cc(Br)cc(C#N)c3)cn2)CC1. The summed E-state index contributed by atoms with van der Waals surface area (Å²) >= 11 is 3.45. The maximum atomic E-state index is 12.2. The van der Waals surface area contributed by atoms with Gasteiger partial charge < -0.3 is 9.64 Å². The van der Waals surface area contributed by atoms with Crippen LogP contribution in [0.1, 0.15) is 39.2 Å². The molecule has 28 heavy (non-hydrogen) atoms. The third kappa shape index (κ3) is 5.35. The molecule has 2 heterocycles. The lowest BCUT2D eigenvalue weighted by Gasteiger charge is -2.33. The summed E-state index contributed by atoms with van der Waals surface area (Å²) in [6.45, 7) is 7.91. The van der Waals surface area contributed by atoms with Crippen LogP contribution in [0.15, 0.2) is 35.1 Å². The molecule has 1 aromatic heterocycles. The quantitative estimate of drug-likeness (QED) is 0.679. The van der Waals surface area contributed by atoms with Gasteiger partial charge in [0.05, 0.1) is 17.8 Å². The Bertz CT molecular complexity index is 887. The minimum Gasteiger partial charge on any atom is -0.444 e. The van der Waals surface area contributed by atoms with Gasteiger partial charge in [0, 0.05) is 35.9 Å². The molecule has 1 amide bonds. The molecular formula is C21H25BrN4O2. The zero-order valence-electron chi connectivity index (χ0n) is 16.5. The number of aromatic nitrogens is 2. The van der Waals surface area contributed by atoms with Crippen molar-refractivity contribution in [1.82, 2.24) is 14.7 Å². The summed E-state index contributed by atoms with van der Waals surface area (Å²) in [7, 11) is 0. The first-order valence-electron chi connectivity index (χ1n) is 9.45. The molecule has 1 saturated heterocycles. The van der Waals surface area contributed by atoms with E-state index in [-0.39, 0.29) is 6.09 Å². The second-order valence-electron chi connectivity index (χ2n) is 8.20. The van der Waals surface area contributed by atoms with Gasteiger partial charge in [-0.15, -0.1) is 0 Å². The predicted octanol–water partition coefficient (Wildman–Crippen LogP) is 4.83. The number of carbonyl (C=O) groups excluding carboxylic acids is 1. The second kappa shape index (κ2) is 8.36. The lowest BCUT2D eigenvalue weighted by molar-refractivity contribution is 0.0177. The van der Waals surface area contributed by atoms with Crippen molar-refractivity contribution in [3.63, 3.8) is 0 Å². The largest absolute Gasteiger partial charge is 0.444 e. The van der Waals surface area contributed by atoms with E-state index in [1.807, 2.05) is 50.0 Å². The second-order valence-corrected chi connectivity index (χ2v) is 9.12. The van der Waals surface area contributed by atoms with Crippen molar-refractivity contribution >= 4 is 22.0 Å². The topological polar surface area (TPSA) is 71.2 Å². The van der Waals surface area contributed by atoms with Crippen LogP contribution in [0.3, 0.4) is 0 Å². The van der Waals surface area contributed by atoms with E-state index in [0.717, 1.165) is 35.0 Å². The number of nitriles is 1. The van der Waals surface area contributed by atoms with Crippen LogP contribution in [-0.4, -0.2) is 39.5 Å². The number of halogens is 1. The Morgan fingerprint density at radius 1 is 1.29 bits per heavy atom. The molecule has 3 rings (SSSR count). The van der Waals surface area contributed by atoms with E-state index in [0.29, 0.717) is 24.6 Å². The molecule has 0 bridgehead atoms. The van der Waals surface area contributed by atoms with Crippen molar-refractivity contribution in [1.29, 1.82) is 5.26 Å². The molecule has 0 unspecified atom stereocenters.